The zero-order chi connectivity index (χ0) is 14.3. The van der Waals surface area contributed by atoms with E-state index in [0.29, 0.717) is 26.1 Å². The summed E-state index contributed by atoms with van der Waals surface area (Å²) in [7, 11) is -2.03. The number of ether oxygens (including phenoxy) is 1. The SMILES string of the molecule is C=CCN(CCOC)S(=O)(=O)N1CCCCC1CO. The van der Waals surface area contributed by atoms with Gasteiger partial charge in [-0.3, -0.25) is 0 Å². The Morgan fingerprint density at radius 1 is 1.53 bits per heavy atom. The van der Waals surface area contributed by atoms with Gasteiger partial charge in [-0.2, -0.15) is 17.0 Å². The van der Waals surface area contributed by atoms with Crippen molar-refractivity contribution in [2.24, 2.45) is 0 Å². The minimum Gasteiger partial charge on any atom is -0.395 e. The van der Waals surface area contributed by atoms with Gasteiger partial charge in [0.1, 0.15) is 0 Å². The van der Waals surface area contributed by atoms with E-state index in [1.807, 2.05) is 0 Å². The molecule has 0 amide bonds. The van der Waals surface area contributed by atoms with Crippen LogP contribution in [0.25, 0.3) is 0 Å². The van der Waals surface area contributed by atoms with Crippen molar-refractivity contribution in [3.05, 3.63) is 12.7 Å². The number of methoxy groups -OCH3 is 1. The summed E-state index contributed by atoms with van der Waals surface area (Å²) in [6.45, 7) is 4.80. The van der Waals surface area contributed by atoms with Crippen LogP contribution in [0, 0.1) is 0 Å². The summed E-state index contributed by atoms with van der Waals surface area (Å²) in [5.41, 5.74) is 0. The normalized spacial score (nSPS) is 21.7. The molecular weight excluding hydrogens is 268 g/mol. The molecule has 1 saturated heterocycles. The van der Waals surface area contributed by atoms with Gasteiger partial charge < -0.3 is 9.84 Å². The molecule has 1 aliphatic heterocycles. The van der Waals surface area contributed by atoms with E-state index in [0.717, 1.165) is 12.8 Å². The lowest BCUT2D eigenvalue weighted by atomic mass is 10.1. The minimum atomic E-state index is -3.56. The Bertz CT molecular complexity index is 372. The maximum absolute atomic E-state index is 12.6. The van der Waals surface area contributed by atoms with E-state index in [9.17, 15) is 13.5 Å². The van der Waals surface area contributed by atoms with Crippen molar-refractivity contribution in [3.63, 3.8) is 0 Å². The first-order valence-electron chi connectivity index (χ1n) is 6.55. The van der Waals surface area contributed by atoms with E-state index in [1.54, 1.807) is 6.08 Å². The van der Waals surface area contributed by atoms with Crippen LogP contribution in [-0.2, 0) is 14.9 Å². The van der Waals surface area contributed by atoms with Crippen molar-refractivity contribution < 1.29 is 18.3 Å². The van der Waals surface area contributed by atoms with Crippen LogP contribution in [0.3, 0.4) is 0 Å². The largest absolute Gasteiger partial charge is 0.395 e. The quantitative estimate of drug-likeness (QED) is 0.649. The molecule has 0 saturated carbocycles. The fourth-order valence-electron chi connectivity index (χ4n) is 2.25. The Balaban J connectivity index is 2.86. The number of rotatable bonds is 8. The van der Waals surface area contributed by atoms with Crippen LogP contribution in [0.1, 0.15) is 19.3 Å². The topological polar surface area (TPSA) is 70.1 Å². The summed E-state index contributed by atoms with van der Waals surface area (Å²) in [5.74, 6) is 0. The van der Waals surface area contributed by atoms with Gasteiger partial charge in [-0.25, -0.2) is 0 Å². The highest BCUT2D eigenvalue weighted by atomic mass is 32.2. The van der Waals surface area contributed by atoms with E-state index in [1.165, 1.54) is 15.7 Å². The van der Waals surface area contributed by atoms with Crippen LogP contribution in [0.2, 0.25) is 0 Å². The fourth-order valence-corrected chi connectivity index (χ4v) is 4.05. The Morgan fingerprint density at radius 2 is 2.26 bits per heavy atom. The minimum absolute atomic E-state index is 0.133. The van der Waals surface area contributed by atoms with Gasteiger partial charge in [-0.05, 0) is 12.8 Å². The van der Waals surface area contributed by atoms with Crippen molar-refractivity contribution in [3.8, 4) is 0 Å². The maximum atomic E-state index is 12.6. The van der Waals surface area contributed by atoms with E-state index in [-0.39, 0.29) is 19.2 Å². The lowest BCUT2D eigenvalue weighted by Crippen LogP contribution is -2.52. The summed E-state index contributed by atoms with van der Waals surface area (Å²) in [5, 5.41) is 9.34. The van der Waals surface area contributed by atoms with E-state index < -0.39 is 10.2 Å². The van der Waals surface area contributed by atoms with Gasteiger partial charge in [0.2, 0.25) is 0 Å². The zero-order valence-electron chi connectivity index (χ0n) is 11.5. The lowest BCUT2D eigenvalue weighted by molar-refractivity contribution is 0.142. The average Bonchev–Trinajstić information content (AvgIpc) is 2.43. The average molecular weight is 292 g/mol. The van der Waals surface area contributed by atoms with Crippen LogP contribution in [0.5, 0.6) is 0 Å². The van der Waals surface area contributed by atoms with Gasteiger partial charge in [-0.1, -0.05) is 12.5 Å². The van der Waals surface area contributed by atoms with Gasteiger partial charge in [0.25, 0.3) is 10.2 Å². The molecule has 1 aliphatic rings. The van der Waals surface area contributed by atoms with Crippen LogP contribution in [0.15, 0.2) is 12.7 Å². The molecule has 0 bridgehead atoms. The number of piperidine rings is 1. The molecule has 1 unspecified atom stereocenters. The van der Waals surface area contributed by atoms with Gasteiger partial charge >= 0.3 is 0 Å². The first kappa shape index (κ1) is 16.6. The second kappa shape index (κ2) is 7.96. The van der Waals surface area contributed by atoms with Crippen LogP contribution < -0.4 is 0 Å². The van der Waals surface area contributed by atoms with Crippen molar-refractivity contribution in [2.75, 3.05) is 40.0 Å². The van der Waals surface area contributed by atoms with Gasteiger partial charge in [0.05, 0.1) is 13.2 Å². The lowest BCUT2D eigenvalue weighted by Gasteiger charge is -2.36. The van der Waals surface area contributed by atoms with Gasteiger partial charge in [0.15, 0.2) is 0 Å². The molecule has 0 radical (unpaired) electrons. The second-order valence-electron chi connectivity index (χ2n) is 4.59. The molecule has 1 rings (SSSR count). The number of hydrogen-bond donors (Lipinski definition) is 1. The van der Waals surface area contributed by atoms with Gasteiger partial charge in [-0.15, -0.1) is 6.58 Å². The van der Waals surface area contributed by atoms with Crippen molar-refractivity contribution in [1.82, 2.24) is 8.61 Å². The molecule has 19 heavy (non-hydrogen) atoms. The summed E-state index contributed by atoms with van der Waals surface area (Å²) in [6, 6.07) is -0.311. The highest BCUT2D eigenvalue weighted by Gasteiger charge is 2.35. The highest BCUT2D eigenvalue weighted by Crippen LogP contribution is 2.22. The summed E-state index contributed by atoms with van der Waals surface area (Å²) >= 11 is 0. The molecule has 7 heteroatoms. The van der Waals surface area contributed by atoms with Crippen molar-refractivity contribution in [2.45, 2.75) is 25.3 Å². The van der Waals surface area contributed by atoms with E-state index >= 15 is 0 Å². The molecule has 1 fully saturated rings. The molecule has 1 atom stereocenters. The van der Waals surface area contributed by atoms with Crippen molar-refractivity contribution >= 4 is 10.2 Å². The Kier molecular flexibility index (Phi) is 6.95. The third kappa shape index (κ3) is 4.25. The third-order valence-electron chi connectivity index (χ3n) is 3.28. The standard InChI is InChI=1S/C12H24N2O4S/c1-3-7-13(9-10-18-2)19(16,17)14-8-5-4-6-12(14)11-15/h3,12,15H,1,4-11H2,2H3. The maximum Gasteiger partial charge on any atom is 0.282 e. The highest BCUT2D eigenvalue weighted by molar-refractivity contribution is 7.86. The summed E-state index contributed by atoms with van der Waals surface area (Å²) in [4.78, 5) is 0. The molecule has 0 aromatic carbocycles. The first-order valence-corrected chi connectivity index (χ1v) is 7.95. The van der Waals surface area contributed by atoms with Gasteiger partial charge in [0, 0.05) is 32.8 Å². The number of nitrogens with zero attached hydrogens (tertiary/aromatic N) is 2. The zero-order valence-corrected chi connectivity index (χ0v) is 12.3. The molecule has 0 spiro atoms. The van der Waals surface area contributed by atoms with E-state index in [4.69, 9.17) is 4.74 Å². The number of aliphatic hydroxyl groups is 1. The predicted molar refractivity (Wildman–Crippen MR) is 74.0 cm³/mol. The molecule has 1 N–H and O–H groups in total. The fraction of sp³-hybridized carbons (Fsp3) is 0.833. The molecular formula is C12H24N2O4S. The van der Waals surface area contributed by atoms with Crippen molar-refractivity contribution in [1.29, 1.82) is 0 Å². The molecule has 0 aromatic rings. The Hall–Kier alpha value is -0.470. The first-order chi connectivity index (χ1) is 9.07. The predicted octanol–water partition coefficient (Wildman–Crippen LogP) is 0.212. The van der Waals surface area contributed by atoms with E-state index in [2.05, 4.69) is 6.58 Å². The second-order valence-corrected chi connectivity index (χ2v) is 6.47. The Labute approximate surface area is 115 Å². The van der Waals surface area contributed by atoms with Crippen LogP contribution in [0.4, 0.5) is 0 Å². The Morgan fingerprint density at radius 3 is 2.84 bits per heavy atom. The molecule has 6 nitrogen and oxygen atoms in total. The molecule has 112 valence electrons. The monoisotopic (exact) mass is 292 g/mol. The third-order valence-corrected chi connectivity index (χ3v) is 5.34. The molecule has 1 heterocycles. The molecule has 0 aliphatic carbocycles. The summed E-state index contributed by atoms with van der Waals surface area (Å²) < 4.78 is 32.9. The smallest absolute Gasteiger partial charge is 0.282 e. The van der Waals surface area contributed by atoms with Crippen LogP contribution in [-0.4, -0.2) is 68.1 Å². The van der Waals surface area contributed by atoms with Crippen LogP contribution >= 0.6 is 0 Å². The number of aliphatic hydroxyl groups excluding tert-OH is 1. The molecule has 0 aromatic heterocycles. The number of hydrogen-bond acceptors (Lipinski definition) is 4. The summed E-state index contributed by atoms with van der Waals surface area (Å²) in [6.07, 6.45) is 4.06.